The fourth-order valence-corrected chi connectivity index (χ4v) is 2.76. The van der Waals surface area contributed by atoms with Crippen molar-refractivity contribution in [2.75, 3.05) is 31.3 Å². The van der Waals surface area contributed by atoms with Crippen molar-refractivity contribution in [1.82, 2.24) is 16.0 Å². The summed E-state index contributed by atoms with van der Waals surface area (Å²) in [4.78, 5) is 11.6. The van der Waals surface area contributed by atoms with E-state index in [1.54, 1.807) is 11.8 Å². The highest BCUT2D eigenvalue weighted by Gasteiger charge is 2.23. The van der Waals surface area contributed by atoms with Gasteiger partial charge in [-0.15, -0.1) is 11.8 Å². The topological polar surface area (TPSA) is 53.2 Å². The average molecular weight is 215 g/mol. The van der Waals surface area contributed by atoms with Crippen molar-refractivity contribution in [3.05, 3.63) is 0 Å². The third-order valence-electron chi connectivity index (χ3n) is 2.76. The average Bonchev–Trinajstić information content (AvgIpc) is 2.87. The van der Waals surface area contributed by atoms with Crippen LogP contribution in [0.4, 0.5) is 0 Å². The van der Waals surface area contributed by atoms with Gasteiger partial charge in [0.1, 0.15) is 0 Å². The first-order chi connectivity index (χ1) is 6.86. The highest BCUT2D eigenvalue weighted by molar-refractivity contribution is 7.99. The number of carbonyl (C=O) groups is 1. The van der Waals surface area contributed by atoms with E-state index in [0.717, 1.165) is 31.3 Å². The van der Waals surface area contributed by atoms with Crippen LogP contribution in [0.1, 0.15) is 6.42 Å². The molecule has 4 nitrogen and oxygen atoms in total. The molecule has 2 rings (SSSR count). The van der Waals surface area contributed by atoms with E-state index in [0.29, 0.717) is 5.92 Å². The third kappa shape index (κ3) is 2.62. The van der Waals surface area contributed by atoms with Crippen LogP contribution in [-0.4, -0.2) is 43.2 Å². The molecule has 1 unspecified atom stereocenters. The normalized spacial score (nSPS) is 32.0. The number of carbonyl (C=O) groups excluding carboxylic acids is 1. The van der Waals surface area contributed by atoms with E-state index in [4.69, 9.17) is 0 Å². The van der Waals surface area contributed by atoms with Crippen molar-refractivity contribution in [1.29, 1.82) is 0 Å². The van der Waals surface area contributed by atoms with Gasteiger partial charge in [0.05, 0.1) is 6.04 Å². The smallest absolute Gasteiger partial charge is 0.238 e. The number of thioether (sulfide) groups is 1. The van der Waals surface area contributed by atoms with Crippen LogP contribution in [0, 0.1) is 5.92 Å². The first kappa shape index (κ1) is 10.3. The third-order valence-corrected chi connectivity index (χ3v) is 3.70. The van der Waals surface area contributed by atoms with E-state index in [1.807, 2.05) is 0 Å². The summed E-state index contributed by atoms with van der Waals surface area (Å²) in [6, 6.07) is 0.0364. The summed E-state index contributed by atoms with van der Waals surface area (Å²) in [6.07, 6.45) is 1.19. The van der Waals surface area contributed by atoms with E-state index in [1.165, 1.54) is 6.42 Å². The van der Waals surface area contributed by atoms with Crippen LogP contribution in [0.15, 0.2) is 0 Å². The van der Waals surface area contributed by atoms with E-state index in [-0.39, 0.29) is 11.9 Å². The van der Waals surface area contributed by atoms with Gasteiger partial charge in [0.25, 0.3) is 0 Å². The molecule has 0 aromatic carbocycles. The van der Waals surface area contributed by atoms with Crippen molar-refractivity contribution in [2.45, 2.75) is 12.5 Å². The second kappa shape index (κ2) is 5.00. The van der Waals surface area contributed by atoms with Crippen LogP contribution >= 0.6 is 11.8 Å². The Labute approximate surface area is 88.6 Å². The summed E-state index contributed by atoms with van der Waals surface area (Å²) in [5.74, 6) is 2.62. The van der Waals surface area contributed by atoms with Crippen LogP contribution < -0.4 is 16.0 Å². The van der Waals surface area contributed by atoms with Crippen LogP contribution in [0.3, 0.4) is 0 Å². The maximum atomic E-state index is 11.6. The summed E-state index contributed by atoms with van der Waals surface area (Å²) >= 11 is 1.78. The molecule has 2 aliphatic heterocycles. The molecule has 3 N–H and O–H groups in total. The van der Waals surface area contributed by atoms with Gasteiger partial charge < -0.3 is 10.6 Å². The molecule has 1 amide bonds. The van der Waals surface area contributed by atoms with Crippen LogP contribution in [0.5, 0.6) is 0 Å². The molecule has 2 fully saturated rings. The van der Waals surface area contributed by atoms with Gasteiger partial charge in [-0.3, -0.25) is 10.1 Å². The van der Waals surface area contributed by atoms with Crippen molar-refractivity contribution in [3.8, 4) is 0 Å². The number of amides is 1. The van der Waals surface area contributed by atoms with Crippen LogP contribution in [0.25, 0.3) is 0 Å². The minimum Gasteiger partial charge on any atom is -0.354 e. The van der Waals surface area contributed by atoms with Gasteiger partial charge in [-0.05, 0) is 25.4 Å². The Kier molecular flexibility index (Phi) is 3.67. The molecule has 2 heterocycles. The quantitative estimate of drug-likeness (QED) is 0.587. The zero-order chi connectivity index (χ0) is 9.80. The SMILES string of the molecule is O=C(NCC1CCNC1)[C@H]1CSCN1. The van der Waals surface area contributed by atoms with E-state index in [9.17, 15) is 4.79 Å². The Morgan fingerprint density at radius 1 is 1.57 bits per heavy atom. The number of rotatable bonds is 3. The standard InChI is InChI=1S/C9H17N3OS/c13-9(8-5-14-6-12-8)11-4-7-1-2-10-3-7/h7-8,10,12H,1-6H2,(H,11,13)/t7?,8-/m1/s1. The minimum atomic E-state index is 0.0364. The lowest BCUT2D eigenvalue weighted by atomic mass is 10.1. The summed E-state index contributed by atoms with van der Waals surface area (Å²) < 4.78 is 0. The molecule has 0 spiro atoms. The minimum absolute atomic E-state index is 0.0364. The van der Waals surface area contributed by atoms with Gasteiger partial charge in [-0.25, -0.2) is 0 Å². The maximum Gasteiger partial charge on any atom is 0.238 e. The van der Waals surface area contributed by atoms with E-state index < -0.39 is 0 Å². The van der Waals surface area contributed by atoms with E-state index >= 15 is 0 Å². The van der Waals surface area contributed by atoms with Crippen LogP contribution in [0.2, 0.25) is 0 Å². The lowest BCUT2D eigenvalue weighted by Gasteiger charge is -2.13. The van der Waals surface area contributed by atoms with Crippen molar-refractivity contribution >= 4 is 17.7 Å². The molecule has 5 heteroatoms. The Balaban J connectivity index is 1.66. The second-order valence-electron chi connectivity index (χ2n) is 3.88. The first-order valence-electron chi connectivity index (χ1n) is 5.16. The molecular formula is C9H17N3OS. The van der Waals surface area contributed by atoms with Gasteiger partial charge in [0.2, 0.25) is 5.91 Å². The molecular weight excluding hydrogens is 198 g/mol. The molecule has 14 heavy (non-hydrogen) atoms. The van der Waals surface area contributed by atoms with Crippen molar-refractivity contribution in [3.63, 3.8) is 0 Å². The molecule has 0 radical (unpaired) electrons. The van der Waals surface area contributed by atoms with Crippen LogP contribution in [-0.2, 0) is 4.79 Å². The molecule has 0 aromatic heterocycles. The second-order valence-corrected chi connectivity index (χ2v) is 4.91. The summed E-state index contributed by atoms with van der Waals surface area (Å²) in [6.45, 7) is 2.97. The number of hydrogen-bond donors (Lipinski definition) is 3. The zero-order valence-corrected chi connectivity index (χ0v) is 9.03. The Hall–Kier alpha value is -0.260. The fraction of sp³-hybridized carbons (Fsp3) is 0.889. The van der Waals surface area contributed by atoms with Crippen molar-refractivity contribution < 1.29 is 4.79 Å². The van der Waals surface area contributed by atoms with Gasteiger partial charge in [0, 0.05) is 18.2 Å². The zero-order valence-electron chi connectivity index (χ0n) is 8.21. The van der Waals surface area contributed by atoms with Gasteiger partial charge in [-0.2, -0.15) is 0 Å². The highest BCUT2D eigenvalue weighted by Crippen LogP contribution is 2.10. The molecule has 0 aliphatic carbocycles. The lowest BCUT2D eigenvalue weighted by Crippen LogP contribution is -2.43. The molecule has 0 aromatic rings. The lowest BCUT2D eigenvalue weighted by molar-refractivity contribution is -0.122. The molecule has 0 bridgehead atoms. The Morgan fingerprint density at radius 2 is 2.50 bits per heavy atom. The molecule has 0 saturated carbocycles. The Bertz CT molecular complexity index is 200. The van der Waals surface area contributed by atoms with Gasteiger partial charge in [0.15, 0.2) is 0 Å². The highest BCUT2D eigenvalue weighted by atomic mass is 32.2. The van der Waals surface area contributed by atoms with E-state index in [2.05, 4.69) is 16.0 Å². The molecule has 2 aliphatic rings. The molecule has 80 valence electrons. The molecule has 2 atom stereocenters. The summed E-state index contributed by atoms with van der Waals surface area (Å²) in [5.41, 5.74) is 0. The largest absolute Gasteiger partial charge is 0.354 e. The maximum absolute atomic E-state index is 11.6. The van der Waals surface area contributed by atoms with Gasteiger partial charge in [-0.1, -0.05) is 0 Å². The van der Waals surface area contributed by atoms with Crippen molar-refractivity contribution in [2.24, 2.45) is 5.92 Å². The number of nitrogens with one attached hydrogen (secondary N) is 3. The monoisotopic (exact) mass is 215 g/mol. The predicted octanol–water partition coefficient (Wildman–Crippen LogP) is -0.625. The Morgan fingerprint density at radius 3 is 3.14 bits per heavy atom. The fourth-order valence-electron chi connectivity index (χ4n) is 1.82. The predicted molar refractivity (Wildman–Crippen MR) is 58.2 cm³/mol. The summed E-state index contributed by atoms with van der Waals surface area (Å²) in [5, 5.41) is 9.47. The number of hydrogen-bond acceptors (Lipinski definition) is 4. The van der Waals surface area contributed by atoms with Gasteiger partial charge >= 0.3 is 0 Å². The molecule has 2 saturated heterocycles. The summed E-state index contributed by atoms with van der Waals surface area (Å²) in [7, 11) is 0. The first-order valence-corrected chi connectivity index (χ1v) is 6.31.